The van der Waals surface area contributed by atoms with Gasteiger partial charge in [-0.3, -0.25) is 4.79 Å². The van der Waals surface area contributed by atoms with Gasteiger partial charge in [0.15, 0.2) is 5.96 Å². The second-order valence-electron chi connectivity index (χ2n) is 5.25. The number of amides is 1. The minimum atomic E-state index is -0.334. The molecule has 2 N–H and O–H groups in total. The average molecular weight is 452 g/mol. The maximum atomic E-state index is 13.1. The minimum Gasteiger partial charge on any atom is -0.489 e. The minimum absolute atomic E-state index is 0. The van der Waals surface area contributed by atoms with Gasteiger partial charge in [-0.05, 0) is 26.0 Å². The van der Waals surface area contributed by atoms with Crippen molar-refractivity contribution in [3.05, 3.63) is 30.1 Å². The van der Waals surface area contributed by atoms with Crippen molar-refractivity contribution in [1.82, 2.24) is 15.5 Å². The van der Waals surface area contributed by atoms with Crippen LogP contribution in [0.1, 0.15) is 13.8 Å². The molecule has 0 fully saturated rings. The highest BCUT2D eigenvalue weighted by atomic mass is 127. The lowest BCUT2D eigenvalue weighted by atomic mass is 10.3. The van der Waals surface area contributed by atoms with Crippen LogP contribution in [0, 0.1) is 5.82 Å². The number of likely N-dealkylation sites (N-methyl/N-ethyl adjacent to an activating group) is 1. The Labute approximate surface area is 159 Å². The first-order valence-electron chi connectivity index (χ1n) is 7.57. The fourth-order valence-corrected chi connectivity index (χ4v) is 1.68. The zero-order valence-electron chi connectivity index (χ0n) is 14.5. The van der Waals surface area contributed by atoms with Crippen LogP contribution in [0.15, 0.2) is 29.3 Å². The zero-order chi connectivity index (χ0) is 17.2. The molecular weight excluding hydrogens is 426 g/mol. The van der Waals surface area contributed by atoms with Gasteiger partial charge in [0.1, 0.15) is 24.2 Å². The quantitative estimate of drug-likeness (QED) is 0.377. The lowest BCUT2D eigenvalue weighted by Gasteiger charge is -2.18. The van der Waals surface area contributed by atoms with Crippen molar-refractivity contribution in [3.8, 4) is 5.75 Å². The van der Waals surface area contributed by atoms with Crippen molar-refractivity contribution >= 4 is 35.8 Å². The molecule has 0 spiro atoms. The van der Waals surface area contributed by atoms with Gasteiger partial charge in [0.2, 0.25) is 5.91 Å². The number of halogens is 2. The van der Waals surface area contributed by atoms with E-state index in [1.165, 1.54) is 17.0 Å². The molecule has 0 aliphatic carbocycles. The fourth-order valence-electron chi connectivity index (χ4n) is 1.68. The summed E-state index contributed by atoms with van der Waals surface area (Å²) in [6.07, 6.45) is -0.190. The van der Waals surface area contributed by atoms with E-state index in [0.717, 1.165) is 0 Å². The summed E-state index contributed by atoms with van der Waals surface area (Å²) in [7, 11) is 3.38. The third-order valence-electron chi connectivity index (χ3n) is 2.91. The molecule has 1 atom stereocenters. The largest absolute Gasteiger partial charge is 0.489 e. The lowest BCUT2D eigenvalue weighted by Crippen LogP contribution is -2.42. The van der Waals surface area contributed by atoms with Crippen LogP contribution in [0.4, 0.5) is 4.39 Å². The SMILES string of the molecule is CCNC(=NCC(=O)N(C)C)NCC(C)Oc1cccc(F)c1.I. The molecular formula is C16H26FIN4O2. The van der Waals surface area contributed by atoms with Crippen molar-refractivity contribution in [3.63, 3.8) is 0 Å². The first kappa shape index (κ1) is 22.4. The van der Waals surface area contributed by atoms with Crippen molar-refractivity contribution in [2.75, 3.05) is 33.7 Å². The summed E-state index contributed by atoms with van der Waals surface area (Å²) in [5.74, 6) is 0.604. The van der Waals surface area contributed by atoms with E-state index in [-0.39, 0.29) is 48.3 Å². The Hall–Kier alpha value is -1.58. The van der Waals surface area contributed by atoms with Crippen LogP contribution in [-0.4, -0.2) is 56.6 Å². The molecule has 0 radical (unpaired) electrons. The number of benzene rings is 1. The van der Waals surface area contributed by atoms with E-state index in [9.17, 15) is 9.18 Å². The number of nitrogens with one attached hydrogen (secondary N) is 2. The van der Waals surface area contributed by atoms with Gasteiger partial charge in [-0.15, -0.1) is 24.0 Å². The number of hydrogen-bond donors (Lipinski definition) is 2. The number of rotatable bonds is 7. The molecule has 6 nitrogen and oxygen atoms in total. The molecule has 0 saturated heterocycles. The second-order valence-corrected chi connectivity index (χ2v) is 5.25. The summed E-state index contributed by atoms with van der Waals surface area (Å²) in [4.78, 5) is 17.3. The number of hydrogen-bond acceptors (Lipinski definition) is 3. The van der Waals surface area contributed by atoms with Crippen LogP contribution in [0.2, 0.25) is 0 Å². The standard InChI is InChI=1S/C16H25FN4O2.HI/c1-5-18-16(20-11-15(22)21(3)4)19-10-12(2)23-14-8-6-7-13(17)9-14;/h6-9,12H,5,10-11H2,1-4H3,(H2,18,19,20);1H. The number of guanidine groups is 1. The van der Waals surface area contributed by atoms with Gasteiger partial charge in [0.05, 0.1) is 6.54 Å². The van der Waals surface area contributed by atoms with Crippen LogP contribution < -0.4 is 15.4 Å². The Morgan fingerprint density at radius 2 is 2.08 bits per heavy atom. The summed E-state index contributed by atoms with van der Waals surface area (Å²) < 4.78 is 18.7. The van der Waals surface area contributed by atoms with E-state index in [4.69, 9.17) is 4.74 Å². The molecule has 0 saturated carbocycles. The molecule has 1 aromatic rings. The number of carbonyl (C=O) groups excluding carboxylic acids is 1. The average Bonchev–Trinajstić information content (AvgIpc) is 2.49. The van der Waals surface area contributed by atoms with Crippen molar-refractivity contribution < 1.29 is 13.9 Å². The van der Waals surface area contributed by atoms with E-state index in [1.807, 2.05) is 13.8 Å². The van der Waals surface area contributed by atoms with Gasteiger partial charge in [-0.25, -0.2) is 9.38 Å². The third kappa shape index (κ3) is 8.90. The first-order chi connectivity index (χ1) is 10.9. The van der Waals surface area contributed by atoms with Gasteiger partial charge in [-0.1, -0.05) is 6.07 Å². The highest BCUT2D eigenvalue weighted by molar-refractivity contribution is 14.0. The lowest BCUT2D eigenvalue weighted by molar-refractivity contribution is -0.127. The van der Waals surface area contributed by atoms with Crippen molar-refractivity contribution in [1.29, 1.82) is 0 Å². The summed E-state index contributed by atoms with van der Waals surface area (Å²) in [5.41, 5.74) is 0. The van der Waals surface area contributed by atoms with E-state index in [1.54, 1.807) is 26.2 Å². The van der Waals surface area contributed by atoms with Gasteiger partial charge < -0.3 is 20.3 Å². The van der Waals surface area contributed by atoms with E-state index < -0.39 is 0 Å². The van der Waals surface area contributed by atoms with Crippen LogP contribution in [-0.2, 0) is 4.79 Å². The predicted octanol–water partition coefficient (Wildman–Crippen LogP) is 1.85. The molecule has 0 aromatic heterocycles. The Balaban J connectivity index is 0.00000529. The van der Waals surface area contributed by atoms with Crippen LogP contribution in [0.3, 0.4) is 0 Å². The molecule has 0 bridgehead atoms. The number of nitrogens with zero attached hydrogens (tertiary/aromatic N) is 2. The number of ether oxygens (including phenoxy) is 1. The first-order valence-corrected chi connectivity index (χ1v) is 7.57. The topological polar surface area (TPSA) is 66.0 Å². The van der Waals surface area contributed by atoms with Gasteiger partial charge in [0, 0.05) is 26.7 Å². The van der Waals surface area contributed by atoms with Crippen molar-refractivity contribution in [2.45, 2.75) is 20.0 Å². The monoisotopic (exact) mass is 452 g/mol. The summed E-state index contributed by atoms with van der Waals surface area (Å²) >= 11 is 0. The molecule has 1 unspecified atom stereocenters. The molecule has 8 heteroatoms. The van der Waals surface area contributed by atoms with Crippen molar-refractivity contribution in [2.24, 2.45) is 4.99 Å². The fraction of sp³-hybridized carbons (Fsp3) is 0.500. The van der Waals surface area contributed by atoms with Gasteiger partial charge >= 0.3 is 0 Å². The normalized spacial score (nSPS) is 12.0. The maximum absolute atomic E-state index is 13.1. The smallest absolute Gasteiger partial charge is 0.243 e. The maximum Gasteiger partial charge on any atom is 0.243 e. The second kappa shape index (κ2) is 11.9. The predicted molar refractivity (Wildman–Crippen MR) is 105 cm³/mol. The molecule has 0 aliphatic rings. The molecule has 0 aliphatic heterocycles. The Kier molecular flexibility index (Phi) is 11.1. The van der Waals surface area contributed by atoms with Gasteiger partial charge in [0.25, 0.3) is 0 Å². The molecule has 1 aromatic carbocycles. The highest BCUT2D eigenvalue weighted by Crippen LogP contribution is 2.13. The molecule has 24 heavy (non-hydrogen) atoms. The summed E-state index contributed by atoms with van der Waals surface area (Å²) in [6, 6.07) is 6.01. The molecule has 1 rings (SSSR count). The van der Waals surface area contributed by atoms with Crippen LogP contribution in [0.25, 0.3) is 0 Å². The molecule has 136 valence electrons. The van der Waals surface area contributed by atoms with Crippen LogP contribution in [0.5, 0.6) is 5.75 Å². The summed E-state index contributed by atoms with van der Waals surface area (Å²) in [6.45, 7) is 5.03. The Morgan fingerprint density at radius 1 is 1.38 bits per heavy atom. The third-order valence-corrected chi connectivity index (χ3v) is 2.91. The van der Waals surface area contributed by atoms with Crippen LogP contribution >= 0.6 is 24.0 Å². The summed E-state index contributed by atoms with van der Waals surface area (Å²) in [5, 5.41) is 6.16. The van der Waals surface area contributed by atoms with E-state index in [2.05, 4.69) is 15.6 Å². The van der Waals surface area contributed by atoms with Gasteiger partial charge in [-0.2, -0.15) is 0 Å². The van der Waals surface area contributed by atoms with E-state index in [0.29, 0.717) is 24.8 Å². The Morgan fingerprint density at radius 3 is 2.67 bits per heavy atom. The number of aliphatic imine (C=N–C) groups is 1. The zero-order valence-corrected chi connectivity index (χ0v) is 16.8. The molecule has 1 amide bonds. The Bertz CT molecular complexity index is 541. The van der Waals surface area contributed by atoms with E-state index >= 15 is 0 Å². The molecule has 0 heterocycles. The number of carbonyl (C=O) groups is 1. The highest BCUT2D eigenvalue weighted by Gasteiger charge is 2.08.